The van der Waals surface area contributed by atoms with Crippen molar-refractivity contribution >= 4 is 5.78 Å². The van der Waals surface area contributed by atoms with Gasteiger partial charge in [-0.15, -0.1) is 0 Å². The van der Waals surface area contributed by atoms with Crippen molar-refractivity contribution in [3.63, 3.8) is 0 Å². The maximum absolute atomic E-state index is 12.5. The molecule has 0 fully saturated rings. The third-order valence-corrected chi connectivity index (χ3v) is 3.02. The van der Waals surface area contributed by atoms with Crippen LogP contribution < -0.4 is 9.47 Å². The zero-order valence-corrected chi connectivity index (χ0v) is 12.7. The van der Waals surface area contributed by atoms with Crippen molar-refractivity contribution in [3.8, 4) is 11.5 Å². The number of methoxy groups -OCH3 is 1. The second-order valence-electron chi connectivity index (χ2n) is 5.09. The van der Waals surface area contributed by atoms with Crippen LogP contribution in [0.5, 0.6) is 11.5 Å². The van der Waals surface area contributed by atoms with Gasteiger partial charge in [0.15, 0.2) is 5.78 Å². The quantitative estimate of drug-likeness (QED) is 0.790. The second kappa shape index (κ2) is 6.39. The number of pyridine rings is 1. The van der Waals surface area contributed by atoms with Crippen LogP contribution in [0.2, 0.25) is 0 Å². The minimum atomic E-state index is -0.102. The van der Waals surface area contributed by atoms with Gasteiger partial charge in [0.2, 0.25) is 0 Å². The highest BCUT2D eigenvalue weighted by atomic mass is 16.5. The van der Waals surface area contributed by atoms with E-state index >= 15 is 0 Å². The normalized spacial score (nSPS) is 10.5. The van der Waals surface area contributed by atoms with E-state index in [0.717, 1.165) is 5.56 Å². The first-order valence-corrected chi connectivity index (χ1v) is 6.82. The van der Waals surface area contributed by atoms with Crippen LogP contribution in [-0.4, -0.2) is 24.0 Å². The number of carbonyl (C=O) groups excluding carboxylic acids is 1. The van der Waals surface area contributed by atoms with Crippen molar-refractivity contribution in [2.24, 2.45) is 0 Å². The van der Waals surface area contributed by atoms with E-state index in [-0.39, 0.29) is 11.9 Å². The molecule has 0 bridgehead atoms. The molecule has 0 atom stereocenters. The summed E-state index contributed by atoms with van der Waals surface area (Å²) in [7, 11) is 1.59. The van der Waals surface area contributed by atoms with Crippen LogP contribution in [0.15, 0.2) is 36.7 Å². The monoisotopic (exact) mass is 285 g/mol. The van der Waals surface area contributed by atoms with Crippen molar-refractivity contribution in [1.82, 2.24) is 4.98 Å². The van der Waals surface area contributed by atoms with Crippen LogP contribution in [0, 0.1) is 6.92 Å². The number of ketones is 1. The fourth-order valence-electron chi connectivity index (χ4n) is 2.01. The molecule has 0 aliphatic rings. The SMILES string of the molecule is COc1cc(C(=O)c2cncc(OC(C)C)c2)ccc1C. The van der Waals surface area contributed by atoms with E-state index < -0.39 is 0 Å². The lowest BCUT2D eigenvalue weighted by Crippen LogP contribution is -2.08. The van der Waals surface area contributed by atoms with Crippen LogP contribution in [0.4, 0.5) is 0 Å². The van der Waals surface area contributed by atoms with Crippen LogP contribution >= 0.6 is 0 Å². The summed E-state index contributed by atoms with van der Waals surface area (Å²) in [5.41, 5.74) is 2.06. The maximum Gasteiger partial charge on any atom is 0.194 e. The molecule has 0 amide bonds. The number of ether oxygens (including phenoxy) is 2. The molecule has 0 aliphatic carbocycles. The highest BCUT2D eigenvalue weighted by Crippen LogP contribution is 2.22. The largest absolute Gasteiger partial charge is 0.496 e. The minimum absolute atomic E-state index is 0.0385. The molecule has 0 spiro atoms. The fraction of sp³-hybridized carbons (Fsp3) is 0.294. The standard InChI is InChI=1S/C17H19NO3/c1-11(2)21-15-7-14(9-18-10-15)17(19)13-6-5-12(3)16(8-13)20-4/h5-11H,1-4H3. The Labute approximate surface area is 124 Å². The zero-order valence-electron chi connectivity index (χ0n) is 12.7. The van der Waals surface area contributed by atoms with E-state index in [2.05, 4.69) is 4.98 Å². The summed E-state index contributed by atoms with van der Waals surface area (Å²) < 4.78 is 10.8. The van der Waals surface area contributed by atoms with Gasteiger partial charge in [0.1, 0.15) is 11.5 Å². The molecule has 0 N–H and O–H groups in total. The zero-order chi connectivity index (χ0) is 15.4. The van der Waals surface area contributed by atoms with Gasteiger partial charge in [0.25, 0.3) is 0 Å². The average molecular weight is 285 g/mol. The summed E-state index contributed by atoms with van der Waals surface area (Å²) in [6.45, 7) is 5.80. The van der Waals surface area contributed by atoms with Gasteiger partial charge in [-0.05, 0) is 38.5 Å². The van der Waals surface area contributed by atoms with Crippen LogP contribution in [0.1, 0.15) is 35.3 Å². The first kappa shape index (κ1) is 15.0. The number of benzene rings is 1. The van der Waals surface area contributed by atoms with E-state index in [9.17, 15) is 4.79 Å². The number of nitrogens with zero attached hydrogens (tertiary/aromatic N) is 1. The van der Waals surface area contributed by atoms with E-state index in [1.165, 1.54) is 0 Å². The van der Waals surface area contributed by atoms with Gasteiger partial charge >= 0.3 is 0 Å². The number of aromatic nitrogens is 1. The molecule has 110 valence electrons. The first-order chi connectivity index (χ1) is 10.0. The third kappa shape index (κ3) is 3.60. The lowest BCUT2D eigenvalue weighted by Gasteiger charge is -2.10. The summed E-state index contributed by atoms with van der Waals surface area (Å²) in [6.07, 6.45) is 3.19. The Morgan fingerprint density at radius 3 is 2.57 bits per heavy atom. The number of carbonyl (C=O) groups is 1. The molecule has 1 aromatic heterocycles. The first-order valence-electron chi connectivity index (χ1n) is 6.82. The Balaban J connectivity index is 2.31. The summed E-state index contributed by atoms with van der Waals surface area (Å²) in [5, 5.41) is 0. The van der Waals surface area contributed by atoms with E-state index in [4.69, 9.17) is 9.47 Å². The van der Waals surface area contributed by atoms with Crippen molar-refractivity contribution in [2.75, 3.05) is 7.11 Å². The lowest BCUT2D eigenvalue weighted by atomic mass is 10.0. The predicted molar refractivity (Wildman–Crippen MR) is 81.2 cm³/mol. The highest BCUT2D eigenvalue weighted by Gasteiger charge is 2.13. The van der Waals surface area contributed by atoms with Crippen molar-refractivity contribution in [3.05, 3.63) is 53.3 Å². The molecular formula is C17H19NO3. The van der Waals surface area contributed by atoms with E-state index in [0.29, 0.717) is 22.6 Å². The Kier molecular flexibility index (Phi) is 4.58. The van der Waals surface area contributed by atoms with Crippen LogP contribution in [0.3, 0.4) is 0 Å². The Bertz CT molecular complexity index is 650. The number of aryl methyl sites for hydroxylation is 1. The Hall–Kier alpha value is -2.36. The van der Waals surface area contributed by atoms with Gasteiger partial charge < -0.3 is 9.47 Å². The fourth-order valence-corrected chi connectivity index (χ4v) is 2.01. The number of hydrogen-bond donors (Lipinski definition) is 0. The maximum atomic E-state index is 12.5. The molecule has 0 aliphatic heterocycles. The van der Waals surface area contributed by atoms with Gasteiger partial charge in [-0.25, -0.2) is 0 Å². The molecule has 1 aromatic carbocycles. The van der Waals surface area contributed by atoms with Crippen molar-refractivity contribution in [1.29, 1.82) is 0 Å². The molecule has 21 heavy (non-hydrogen) atoms. The smallest absolute Gasteiger partial charge is 0.194 e. The van der Waals surface area contributed by atoms with Crippen molar-refractivity contribution < 1.29 is 14.3 Å². The number of rotatable bonds is 5. The molecule has 4 heteroatoms. The van der Waals surface area contributed by atoms with Gasteiger partial charge in [0.05, 0.1) is 19.4 Å². The molecule has 0 unspecified atom stereocenters. The Morgan fingerprint density at radius 2 is 1.90 bits per heavy atom. The molecule has 2 rings (SSSR count). The topological polar surface area (TPSA) is 48.4 Å². The van der Waals surface area contributed by atoms with Crippen molar-refractivity contribution in [2.45, 2.75) is 26.9 Å². The molecule has 0 saturated carbocycles. The predicted octanol–water partition coefficient (Wildman–Crippen LogP) is 3.42. The van der Waals surface area contributed by atoms with Gasteiger partial charge in [0, 0.05) is 17.3 Å². The molecule has 4 nitrogen and oxygen atoms in total. The molecular weight excluding hydrogens is 266 g/mol. The third-order valence-electron chi connectivity index (χ3n) is 3.02. The summed E-state index contributed by atoms with van der Waals surface area (Å²) in [4.78, 5) is 16.6. The molecule has 2 aromatic rings. The van der Waals surface area contributed by atoms with E-state index in [1.807, 2.05) is 26.8 Å². The van der Waals surface area contributed by atoms with Gasteiger partial charge in [-0.3, -0.25) is 9.78 Å². The molecule has 1 heterocycles. The van der Waals surface area contributed by atoms with Crippen LogP contribution in [-0.2, 0) is 0 Å². The minimum Gasteiger partial charge on any atom is -0.496 e. The Morgan fingerprint density at radius 1 is 1.14 bits per heavy atom. The molecule has 0 radical (unpaired) electrons. The van der Waals surface area contributed by atoms with Crippen LogP contribution in [0.25, 0.3) is 0 Å². The average Bonchev–Trinajstić information content (AvgIpc) is 2.46. The number of hydrogen-bond acceptors (Lipinski definition) is 4. The summed E-state index contributed by atoms with van der Waals surface area (Å²) >= 11 is 0. The van der Waals surface area contributed by atoms with Gasteiger partial charge in [-0.2, -0.15) is 0 Å². The second-order valence-corrected chi connectivity index (χ2v) is 5.09. The highest BCUT2D eigenvalue weighted by molar-refractivity contribution is 6.09. The summed E-state index contributed by atoms with van der Waals surface area (Å²) in [6, 6.07) is 7.11. The van der Waals surface area contributed by atoms with E-state index in [1.54, 1.807) is 37.7 Å². The molecule has 0 saturated heterocycles. The summed E-state index contributed by atoms with van der Waals surface area (Å²) in [5.74, 6) is 1.19. The lowest BCUT2D eigenvalue weighted by molar-refractivity contribution is 0.103. The van der Waals surface area contributed by atoms with Gasteiger partial charge in [-0.1, -0.05) is 12.1 Å².